The summed E-state index contributed by atoms with van der Waals surface area (Å²) in [6.45, 7) is 4.71. The minimum atomic E-state index is -0.490. The Balaban J connectivity index is 1.43. The Labute approximate surface area is 177 Å². The molecule has 1 saturated carbocycles. The molecule has 3 atom stereocenters. The number of nitrogens with one attached hydrogen (secondary N) is 2. The average molecular weight is 414 g/mol. The van der Waals surface area contributed by atoms with Crippen LogP contribution in [0.15, 0.2) is 29.4 Å². The molecule has 30 heavy (non-hydrogen) atoms. The van der Waals surface area contributed by atoms with Crippen molar-refractivity contribution in [2.45, 2.75) is 64.3 Å². The van der Waals surface area contributed by atoms with Gasteiger partial charge in [-0.05, 0) is 30.5 Å². The lowest BCUT2D eigenvalue weighted by molar-refractivity contribution is -0.152. The van der Waals surface area contributed by atoms with E-state index in [1.165, 1.54) is 0 Å². The molecule has 0 spiro atoms. The van der Waals surface area contributed by atoms with Gasteiger partial charge >= 0.3 is 0 Å². The fraction of sp³-hybridized carbons (Fsp3) is 0.591. The van der Waals surface area contributed by atoms with Gasteiger partial charge in [0.05, 0.1) is 19.2 Å². The number of hydrazone groups is 1. The van der Waals surface area contributed by atoms with Crippen LogP contribution in [0.1, 0.15) is 45.1 Å². The molecule has 0 radical (unpaired) electrons. The molecular weight excluding hydrogens is 382 g/mol. The summed E-state index contributed by atoms with van der Waals surface area (Å²) in [4.78, 5) is 29.9. The summed E-state index contributed by atoms with van der Waals surface area (Å²) < 4.78 is 5.16. The number of carbonyl (C=O) groups excluding carboxylic acids is 2. The van der Waals surface area contributed by atoms with Crippen LogP contribution in [0.2, 0.25) is 0 Å². The van der Waals surface area contributed by atoms with Gasteiger partial charge in [0.15, 0.2) is 6.17 Å². The molecule has 4 rings (SSSR count). The molecule has 2 N–H and O–H groups in total. The van der Waals surface area contributed by atoms with Crippen molar-refractivity contribution >= 4 is 17.6 Å². The molecule has 1 aromatic carbocycles. The summed E-state index contributed by atoms with van der Waals surface area (Å²) in [5, 5.41) is 7.41. The SMILES string of the molecule is COc1ccc(CNC(=O)CN2C(=O)C3NN=C(C(C)C)N3C3CCCCC32)cc1. The van der Waals surface area contributed by atoms with Gasteiger partial charge in [-0.3, -0.25) is 15.0 Å². The number of ether oxygens (including phenoxy) is 1. The Hall–Kier alpha value is -2.77. The van der Waals surface area contributed by atoms with Crippen molar-refractivity contribution in [3.8, 4) is 5.75 Å². The van der Waals surface area contributed by atoms with Gasteiger partial charge in [-0.1, -0.05) is 38.8 Å². The number of hydrogen-bond donors (Lipinski definition) is 2. The summed E-state index contributed by atoms with van der Waals surface area (Å²) >= 11 is 0. The Morgan fingerprint density at radius 2 is 1.93 bits per heavy atom. The molecule has 2 aliphatic heterocycles. The summed E-state index contributed by atoms with van der Waals surface area (Å²) in [5.74, 6) is 1.78. The number of methoxy groups -OCH3 is 1. The van der Waals surface area contributed by atoms with Gasteiger partial charge in [0.2, 0.25) is 5.91 Å². The molecule has 0 bridgehead atoms. The largest absolute Gasteiger partial charge is 0.497 e. The fourth-order valence-corrected chi connectivity index (χ4v) is 4.79. The van der Waals surface area contributed by atoms with Crippen LogP contribution < -0.4 is 15.5 Å². The first-order valence-corrected chi connectivity index (χ1v) is 10.8. The van der Waals surface area contributed by atoms with Gasteiger partial charge in [0.25, 0.3) is 5.91 Å². The highest BCUT2D eigenvalue weighted by Crippen LogP contribution is 2.35. The van der Waals surface area contributed by atoms with Gasteiger partial charge in [-0.15, -0.1) is 0 Å². The maximum Gasteiger partial charge on any atom is 0.268 e. The van der Waals surface area contributed by atoms with E-state index in [0.29, 0.717) is 6.54 Å². The number of benzene rings is 1. The number of fused-ring (bicyclic) bond motifs is 3. The Morgan fingerprint density at radius 3 is 2.60 bits per heavy atom. The summed E-state index contributed by atoms with van der Waals surface area (Å²) in [6.07, 6.45) is 3.68. The van der Waals surface area contributed by atoms with Crippen LogP contribution in [0.25, 0.3) is 0 Å². The van der Waals surface area contributed by atoms with Gasteiger partial charge in [-0.2, -0.15) is 5.10 Å². The van der Waals surface area contributed by atoms with E-state index in [-0.39, 0.29) is 36.4 Å². The molecule has 3 unspecified atom stereocenters. The number of amidine groups is 1. The zero-order chi connectivity index (χ0) is 21.3. The van der Waals surface area contributed by atoms with E-state index in [2.05, 4.69) is 34.6 Å². The van der Waals surface area contributed by atoms with Gasteiger partial charge in [0, 0.05) is 12.5 Å². The van der Waals surface area contributed by atoms with Crippen LogP contribution in [0.3, 0.4) is 0 Å². The quantitative estimate of drug-likeness (QED) is 0.741. The van der Waals surface area contributed by atoms with Gasteiger partial charge in [0.1, 0.15) is 18.1 Å². The third-order valence-corrected chi connectivity index (χ3v) is 6.29. The van der Waals surface area contributed by atoms with E-state index >= 15 is 0 Å². The maximum absolute atomic E-state index is 13.3. The molecule has 3 aliphatic rings. The van der Waals surface area contributed by atoms with Crippen LogP contribution in [-0.2, 0) is 16.1 Å². The highest BCUT2D eigenvalue weighted by molar-refractivity contribution is 5.96. The Kier molecular flexibility index (Phi) is 5.83. The lowest BCUT2D eigenvalue weighted by Crippen LogP contribution is -2.70. The monoisotopic (exact) mass is 413 g/mol. The van der Waals surface area contributed by atoms with Crippen molar-refractivity contribution in [2.24, 2.45) is 11.0 Å². The van der Waals surface area contributed by atoms with Crippen molar-refractivity contribution in [3.63, 3.8) is 0 Å². The molecule has 2 heterocycles. The van der Waals surface area contributed by atoms with E-state index in [4.69, 9.17) is 4.74 Å². The third kappa shape index (κ3) is 3.82. The van der Waals surface area contributed by atoms with Gasteiger partial charge < -0.3 is 19.9 Å². The molecule has 1 saturated heterocycles. The molecular formula is C22H31N5O3. The lowest BCUT2D eigenvalue weighted by atomic mass is 9.85. The Morgan fingerprint density at radius 1 is 1.23 bits per heavy atom. The number of hydrogen-bond acceptors (Lipinski definition) is 6. The predicted molar refractivity (Wildman–Crippen MR) is 114 cm³/mol. The standard InChI is InChI=1S/C22H31N5O3/c1-14(2)20-24-25-21-22(29)26(17-6-4-5-7-18(17)27(20)21)13-19(28)23-12-15-8-10-16(30-3)11-9-15/h8-11,14,17-18,21,25H,4-7,12-13H2,1-3H3,(H,23,28). The Bertz CT molecular complexity index is 823. The summed E-state index contributed by atoms with van der Waals surface area (Å²) in [6, 6.07) is 7.86. The van der Waals surface area contributed by atoms with Crippen molar-refractivity contribution in [1.82, 2.24) is 20.5 Å². The molecule has 1 aliphatic carbocycles. The van der Waals surface area contributed by atoms with E-state index in [1.807, 2.05) is 24.3 Å². The molecule has 8 heteroatoms. The first kappa shape index (κ1) is 20.5. The van der Waals surface area contributed by atoms with Crippen molar-refractivity contribution in [3.05, 3.63) is 29.8 Å². The normalized spacial score (nSPS) is 25.4. The van der Waals surface area contributed by atoms with E-state index in [0.717, 1.165) is 42.8 Å². The second kappa shape index (κ2) is 8.53. The predicted octanol–water partition coefficient (Wildman–Crippen LogP) is 1.67. The smallest absolute Gasteiger partial charge is 0.268 e. The molecule has 8 nitrogen and oxygen atoms in total. The zero-order valence-corrected chi connectivity index (χ0v) is 17.9. The van der Waals surface area contributed by atoms with Crippen LogP contribution in [-0.4, -0.2) is 59.4 Å². The molecule has 2 fully saturated rings. The average Bonchev–Trinajstić information content (AvgIpc) is 3.21. The van der Waals surface area contributed by atoms with Crippen molar-refractivity contribution in [1.29, 1.82) is 0 Å². The second-order valence-corrected chi connectivity index (χ2v) is 8.57. The number of piperazine rings is 1. The first-order valence-electron chi connectivity index (χ1n) is 10.8. The number of rotatable bonds is 6. The van der Waals surface area contributed by atoms with Crippen molar-refractivity contribution in [2.75, 3.05) is 13.7 Å². The van der Waals surface area contributed by atoms with Crippen molar-refractivity contribution < 1.29 is 14.3 Å². The summed E-state index contributed by atoms with van der Waals surface area (Å²) in [5.41, 5.74) is 4.01. The molecule has 2 amide bonds. The number of carbonyl (C=O) groups is 2. The zero-order valence-electron chi connectivity index (χ0n) is 17.9. The number of amides is 2. The first-order chi connectivity index (χ1) is 14.5. The van der Waals surface area contributed by atoms with Crippen LogP contribution in [0.4, 0.5) is 0 Å². The van der Waals surface area contributed by atoms with E-state index in [1.54, 1.807) is 12.0 Å². The van der Waals surface area contributed by atoms with E-state index < -0.39 is 6.17 Å². The minimum absolute atomic E-state index is 0.0538. The van der Waals surface area contributed by atoms with Crippen LogP contribution >= 0.6 is 0 Å². The van der Waals surface area contributed by atoms with Gasteiger partial charge in [-0.25, -0.2) is 0 Å². The van der Waals surface area contributed by atoms with E-state index in [9.17, 15) is 9.59 Å². The number of nitrogens with zero attached hydrogens (tertiary/aromatic N) is 3. The summed E-state index contributed by atoms with van der Waals surface area (Å²) in [7, 11) is 1.63. The highest BCUT2D eigenvalue weighted by atomic mass is 16.5. The minimum Gasteiger partial charge on any atom is -0.497 e. The molecule has 0 aromatic heterocycles. The fourth-order valence-electron chi connectivity index (χ4n) is 4.79. The topological polar surface area (TPSA) is 86.3 Å². The molecule has 1 aromatic rings. The second-order valence-electron chi connectivity index (χ2n) is 8.57. The molecule has 162 valence electrons. The highest BCUT2D eigenvalue weighted by Gasteiger charge is 2.51. The lowest BCUT2D eigenvalue weighted by Gasteiger charge is -2.51. The van der Waals surface area contributed by atoms with Crippen LogP contribution in [0.5, 0.6) is 5.75 Å². The van der Waals surface area contributed by atoms with Crippen LogP contribution in [0, 0.1) is 5.92 Å². The third-order valence-electron chi connectivity index (χ3n) is 6.29. The maximum atomic E-state index is 13.3.